The average molecular weight is 405 g/mol. The van der Waals surface area contributed by atoms with E-state index in [9.17, 15) is 9.59 Å². The molecule has 1 aromatic heterocycles. The van der Waals surface area contributed by atoms with E-state index in [1.807, 2.05) is 49.4 Å². The molecule has 0 saturated carbocycles. The Morgan fingerprint density at radius 2 is 1.73 bits per heavy atom. The summed E-state index contributed by atoms with van der Waals surface area (Å²) in [4.78, 5) is 30.7. The third kappa shape index (κ3) is 4.99. The number of nitrogens with zero attached hydrogens (tertiary/aromatic N) is 1. The fraction of sp³-hybridized carbons (Fsp3) is 0.385. The SMILES string of the molecule is CCCCN(Cc1cc2cc(C)ccc2[nH]c1=O)C(=O)c1ccc(C(C)(C)C)cc1. The quantitative estimate of drug-likeness (QED) is 0.583. The molecule has 0 unspecified atom stereocenters. The molecule has 0 aliphatic carbocycles. The first-order valence-electron chi connectivity index (χ1n) is 10.7. The highest BCUT2D eigenvalue weighted by Gasteiger charge is 2.19. The number of hydrogen-bond acceptors (Lipinski definition) is 2. The largest absolute Gasteiger partial charge is 0.334 e. The molecular weight excluding hydrogens is 372 g/mol. The predicted octanol–water partition coefficient (Wildman–Crippen LogP) is 5.58. The second-order valence-electron chi connectivity index (χ2n) is 9.12. The molecule has 4 nitrogen and oxygen atoms in total. The van der Waals surface area contributed by atoms with Crippen molar-refractivity contribution >= 4 is 16.8 Å². The second-order valence-corrected chi connectivity index (χ2v) is 9.12. The Morgan fingerprint density at radius 1 is 1.03 bits per heavy atom. The van der Waals surface area contributed by atoms with Crippen LogP contribution in [0.5, 0.6) is 0 Å². The van der Waals surface area contributed by atoms with E-state index in [-0.39, 0.29) is 16.9 Å². The van der Waals surface area contributed by atoms with Gasteiger partial charge in [-0.05, 0) is 60.0 Å². The molecule has 1 amide bonds. The van der Waals surface area contributed by atoms with Gasteiger partial charge in [-0.2, -0.15) is 0 Å². The number of benzene rings is 2. The minimum absolute atomic E-state index is 0.0346. The number of aromatic amines is 1. The Hall–Kier alpha value is -2.88. The molecule has 3 rings (SSSR count). The van der Waals surface area contributed by atoms with Crippen LogP contribution in [0.25, 0.3) is 10.9 Å². The van der Waals surface area contributed by atoms with Crippen LogP contribution >= 0.6 is 0 Å². The summed E-state index contributed by atoms with van der Waals surface area (Å²) >= 11 is 0. The van der Waals surface area contributed by atoms with Gasteiger partial charge in [-0.25, -0.2) is 0 Å². The van der Waals surface area contributed by atoms with Gasteiger partial charge in [-0.15, -0.1) is 0 Å². The molecule has 0 saturated heterocycles. The van der Waals surface area contributed by atoms with Crippen molar-refractivity contribution in [3.05, 3.63) is 81.1 Å². The van der Waals surface area contributed by atoms with Crippen molar-refractivity contribution in [1.29, 1.82) is 0 Å². The van der Waals surface area contributed by atoms with E-state index >= 15 is 0 Å². The average Bonchev–Trinajstić information content (AvgIpc) is 2.70. The standard InChI is InChI=1S/C26H32N2O2/c1-6-7-14-28(25(30)19-9-11-22(12-10-19)26(3,4)5)17-21-16-20-15-18(2)8-13-23(20)27-24(21)29/h8-13,15-16H,6-7,14,17H2,1-5H3,(H,27,29). The smallest absolute Gasteiger partial charge is 0.254 e. The molecule has 0 radical (unpaired) electrons. The maximum absolute atomic E-state index is 13.3. The monoisotopic (exact) mass is 404 g/mol. The van der Waals surface area contributed by atoms with E-state index in [0.29, 0.717) is 24.2 Å². The van der Waals surface area contributed by atoms with Gasteiger partial charge >= 0.3 is 0 Å². The van der Waals surface area contributed by atoms with Gasteiger partial charge in [0.25, 0.3) is 11.5 Å². The van der Waals surface area contributed by atoms with Gasteiger partial charge in [-0.3, -0.25) is 9.59 Å². The maximum Gasteiger partial charge on any atom is 0.254 e. The molecule has 0 aliphatic rings. The molecule has 0 fully saturated rings. The number of fused-ring (bicyclic) bond motifs is 1. The number of aromatic nitrogens is 1. The maximum atomic E-state index is 13.3. The molecule has 3 aromatic rings. The summed E-state index contributed by atoms with van der Waals surface area (Å²) < 4.78 is 0. The summed E-state index contributed by atoms with van der Waals surface area (Å²) in [5.41, 5.74) is 4.33. The van der Waals surface area contributed by atoms with Crippen molar-refractivity contribution in [3.63, 3.8) is 0 Å². The summed E-state index contributed by atoms with van der Waals surface area (Å²) in [6.45, 7) is 11.5. The first-order valence-corrected chi connectivity index (χ1v) is 10.7. The first-order chi connectivity index (χ1) is 14.2. The molecule has 158 valence electrons. The third-order valence-corrected chi connectivity index (χ3v) is 5.50. The molecule has 0 bridgehead atoms. The summed E-state index contributed by atoms with van der Waals surface area (Å²) in [5, 5.41) is 0.988. The van der Waals surface area contributed by atoms with Gasteiger partial charge in [0, 0.05) is 23.2 Å². The lowest BCUT2D eigenvalue weighted by molar-refractivity contribution is 0.0740. The lowest BCUT2D eigenvalue weighted by Crippen LogP contribution is -2.33. The molecule has 1 heterocycles. The van der Waals surface area contributed by atoms with E-state index in [2.05, 4.69) is 38.7 Å². The molecule has 0 aliphatic heterocycles. The van der Waals surface area contributed by atoms with Crippen molar-refractivity contribution in [2.75, 3.05) is 6.54 Å². The van der Waals surface area contributed by atoms with E-state index in [1.165, 1.54) is 5.56 Å². The van der Waals surface area contributed by atoms with Crippen LogP contribution in [0, 0.1) is 6.92 Å². The molecule has 0 atom stereocenters. The third-order valence-electron chi connectivity index (χ3n) is 5.50. The normalized spacial score (nSPS) is 11.6. The van der Waals surface area contributed by atoms with Gasteiger partial charge in [0.2, 0.25) is 0 Å². The molecule has 1 N–H and O–H groups in total. The van der Waals surface area contributed by atoms with Gasteiger partial charge in [0.1, 0.15) is 0 Å². The highest BCUT2D eigenvalue weighted by molar-refractivity contribution is 5.94. The topological polar surface area (TPSA) is 53.2 Å². The summed E-state index contributed by atoms with van der Waals surface area (Å²) in [7, 11) is 0. The molecule has 4 heteroatoms. The molecule has 30 heavy (non-hydrogen) atoms. The van der Waals surface area contributed by atoms with Gasteiger partial charge in [0.05, 0.1) is 6.54 Å². The number of aryl methyl sites for hydroxylation is 1. The van der Waals surface area contributed by atoms with Gasteiger partial charge < -0.3 is 9.88 Å². The minimum Gasteiger partial charge on any atom is -0.334 e. The fourth-order valence-electron chi connectivity index (χ4n) is 3.59. The molecule has 0 spiro atoms. The number of carbonyl (C=O) groups is 1. The zero-order chi connectivity index (χ0) is 21.9. The highest BCUT2D eigenvalue weighted by atomic mass is 16.2. The van der Waals surface area contributed by atoms with Crippen LogP contribution in [0.2, 0.25) is 0 Å². The van der Waals surface area contributed by atoms with Gasteiger partial charge in [-0.1, -0.05) is 57.9 Å². The van der Waals surface area contributed by atoms with E-state index < -0.39 is 0 Å². The summed E-state index contributed by atoms with van der Waals surface area (Å²) in [5.74, 6) is -0.0346. The van der Waals surface area contributed by atoms with Crippen molar-refractivity contribution < 1.29 is 4.79 Å². The first kappa shape index (κ1) is 21.8. The van der Waals surface area contributed by atoms with Crippen LogP contribution in [0.15, 0.2) is 53.3 Å². The lowest BCUT2D eigenvalue weighted by Gasteiger charge is -2.24. The van der Waals surface area contributed by atoms with Crippen molar-refractivity contribution in [1.82, 2.24) is 9.88 Å². The number of nitrogens with one attached hydrogen (secondary N) is 1. The predicted molar refractivity (Wildman–Crippen MR) is 124 cm³/mol. The number of carbonyl (C=O) groups excluding carboxylic acids is 1. The van der Waals surface area contributed by atoms with Crippen LogP contribution in [0.3, 0.4) is 0 Å². The second kappa shape index (κ2) is 8.86. The molecule has 2 aromatic carbocycles. The lowest BCUT2D eigenvalue weighted by atomic mass is 9.86. The zero-order valence-electron chi connectivity index (χ0n) is 18.7. The number of amides is 1. The Kier molecular flexibility index (Phi) is 6.45. The zero-order valence-corrected chi connectivity index (χ0v) is 18.7. The highest BCUT2D eigenvalue weighted by Crippen LogP contribution is 2.23. The van der Waals surface area contributed by atoms with Crippen LogP contribution in [0.1, 0.15) is 67.6 Å². The van der Waals surface area contributed by atoms with Crippen LogP contribution < -0.4 is 5.56 Å². The number of unbranched alkanes of at least 4 members (excludes halogenated alkanes) is 1. The van der Waals surface area contributed by atoms with E-state index in [0.717, 1.165) is 29.3 Å². The number of H-pyrrole nitrogens is 1. The van der Waals surface area contributed by atoms with Crippen molar-refractivity contribution in [3.8, 4) is 0 Å². The van der Waals surface area contributed by atoms with Crippen LogP contribution in [-0.4, -0.2) is 22.3 Å². The van der Waals surface area contributed by atoms with Crippen molar-refractivity contribution in [2.45, 2.75) is 59.4 Å². The van der Waals surface area contributed by atoms with E-state index in [1.54, 1.807) is 4.90 Å². The van der Waals surface area contributed by atoms with E-state index in [4.69, 9.17) is 0 Å². The van der Waals surface area contributed by atoms with Crippen LogP contribution in [-0.2, 0) is 12.0 Å². The summed E-state index contributed by atoms with van der Waals surface area (Å²) in [6, 6.07) is 15.7. The van der Waals surface area contributed by atoms with Crippen molar-refractivity contribution in [2.24, 2.45) is 0 Å². The summed E-state index contributed by atoms with van der Waals surface area (Å²) in [6.07, 6.45) is 1.89. The van der Waals surface area contributed by atoms with Gasteiger partial charge in [0.15, 0.2) is 0 Å². The Bertz CT molecular complexity index is 1090. The fourth-order valence-corrected chi connectivity index (χ4v) is 3.59. The Labute approximate surface area is 178 Å². The Morgan fingerprint density at radius 3 is 2.37 bits per heavy atom. The number of rotatable bonds is 6. The Balaban J connectivity index is 1.90. The molecular formula is C26H32N2O2. The minimum atomic E-state index is -0.135. The van der Waals surface area contributed by atoms with Crippen LogP contribution in [0.4, 0.5) is 0 Å². The number of hydrogen-bond donors (Lipinski definition) is 1. The number of pyridine rings is 1.